The van der Waals surface area contributed by atoms with Crippen molar-refractivity contribution in [1.82, 2.24) is 14.9 Å². The number of aromatic nitrogens is 2. The van der Waals surface area contributed by atoms with Crippen molar-refractivity contribution in [3.05, 3.63) is 59.1 Å². The molecule has 2 aromatic heterocycles. The molecule has 0 unspecified atom stereocenters. The Morgan fingerprint density at radius 2 is 1.94 bits per heavy atom. The Bertz CT molecular complexity index is 1300. The molecule has 0 spiro atoms. The molecule has 0 aliphatic carbocycles. The smallest absolute Gasteiger partial charge is 0.264 e. The van der Waals surface area contributed by atoms with Crippen molar-refractivity contribution in [3.8, 4) is 0 Å². The molecular weight excluding hydrogens is 420 g/mol. The first kappa shape index (κ1) is 20.8. The van der Waals surface area contributed by atoms with Gasteiger partial charge in [-0.05, 0) is 41.3 Å². The average Bonchev–Trinajstić information content (AvgIpc) is 3.24. The van der Waals surface area contributed by atoms with Gasteiger partial charge in [-0.1, -0.05) is 32.9 Å². The van der Waals surface area contributed by atoms with Crippen molar-refractivity contribution < 1.29 is 9.53 Å². The number of carbonyl (C=O) groups excluding carboxylic acids is 1. The summed E-state index contributed by atoms with van der Waals surface area (Å²) < 4.78 is 6.43. The summed E-state index contributed by atoms with van der Waals surface area (Å²) in [6.45, 7) is 9.05. The molecular formula is C25H26N4O2S. The number of fused-ring (bicyclic) bond motifs is 3. The maximum atomic E-state index is 13.0. The molecule has 0 atom stereocenters. The number of morpholine rings is 1. The first-order valence-corrected chi connectivity index (χ1v) is 11.6. The van der Waals surface area contributed by atoms with E-state index in [0.717, 1.165) is 31.6 Å². The van der Waals surface area contributed by atoms with E-state index in [1.165, 1.54) is 16.9 Å². The number of hydrogen-bond acceptors (Lipinski definition) is 6. The number of benzene rings is 2. The third-order valence-electron chi connectivity index (χ3n) is 5.74. The van der Waals surface area contributed by atoms with E-state index in [-0.39, 0.29) is 11.3 Å². The van der Waals surface area contributed by atoms with Crippen LogP contribution in [-0.2, 0) is 10.2 Å². The van der Waals surface area contributed by atoms with Gasteiger partial charge >= 0.3 is 0 Å². The van der Waals surface area contributed by atoms with Crippen LogP contribution in [0.25, 0.3) is 21.0 Å². The van der Waals surface area contributed by atoms with Crippen molar-refractivity contribution in [3.63, 3.8) is 0 Å². The monoisotopic (exact) mass is 446 g/mol. The van der Waals surface area contributed by atoms with Crippen LogP contribution in [0.4, 0.5) is 11.6 Å². The molecule has 4 aromatic rings. The first-order valence-electron chi connectivity index (χ1n) is 10.8. The molecule has 3 heterocycles. The van der Waals surface area contributed by atoms with E-state index >= 15 is 0 Å². The molecule has 6 nitrogen and oxygen atoms in total. The minimum atomic E-state index is 0.0637. The van der Waals surface area contributed by atoms with E-state index in [1.54, 1.807) is 0 Å². The minimum Gasteiger partial charge on any atom is -0.378 e. The highest BCUT2D eigenvalue weighted by Gasteiger charge is 2.21. The van der Waals surface area contributed by atoms with Crippen molar-refractivity contribution in [2.45, 2.75) is 26.2 Å². The zero-order valence-electron chi connectivity index (χ0n) is 18.5. The quantitative estimate of drug-likeness (QED) is 0.459. The summed E-state index contributed by atoms with van der Waals surface area (Å²) in [5.74, 6) is 0.609. The fourth-order valence-electron chi connectivity index (χ4n) is 3.89. The minimum absolute atomic E-state index is 0.0637. The highest BCUT2D eigenvalue weighted by atomic mass is 32.1. The van der Waals surface area contributed by atoms with Gasteiger partial charge in [-0.3, -0.25) is 4.79 Å². The molecule has 1 N–H and O–H groups in total. The predicted octanol–water partition coefficient (Wildman–Crippen LogP) is 5.36. The summed E-state index contributed by atoms with van der Waals surface area (Å²) in [7, 11) is 0. The Labute approximate surface area is 191 Å². The van der Waals surface area contributed by atoms with E-state index < -0.39 is 0 Å². The van der Waals surface area contributed by atoms with Gasteiger partial charge in [0.2, 0.25) is 5.95 Å². The topological polar surface area (TPSA) is 67.4 Å². The maximum absolute atomic E-state index is 13.0. The Kier molecular flexibility index (Phi) is 5.31. The van der Waals surface area contributed by atoms with Gasteiger partial charge in [0.15, 0.2) is 0 Å². The molecule has 164 valence electrons. The van der Waals surface area contributed by atoms with Gasteiger partial charge in [-0.15, -0.1) is 11.3 Å². The third kappa shape index (κ3) is 4.06. The van der Waals surface area contributed by atoms with Crippen LogP contribution in [0.15, 0.2) is 48.7 Å². The van der Waals surface area contributed by atoms with Crippen molar-refractivity contribution in [2.75, 3.05) is 31.6 Å². The predicted molar refractivity (Wildman–Crippen MR) is 130 cm³/mol. The Morgan fingerprint density at radius 1 is 1.12 bits per heavy atom. The van der Waals surface area contributed by atoms with Crippen LogP contribution in [0.5, 0.6) is 0 Å². The molecule has 32 heavy (non-hydrogen) atoms. The van der Waals surface area contributed by atoms with Gasteiger partial charge in [-0.25, -0.2) is 9.97 Å². The van der Waals surface area contributed by atoms with E-state index in [4.69, 9.17) is 9.72 Å². The van der Waals surface area contributed by atoms with Crippen LogP contribution >= 0.6 is 11.3 Å². The first-order chi connectivity index (χ1) is 15.4. The standard InChI is InChI=1S/C25H26N4O2S/c1-25(2,3)17-5-4-6-18(13-17)27-24-26-15-16-7-8-20-19(22(16)28-24)14-21(32-20)23(30)29-9-11-31-12-10-29/h4-8,13-15H,9-12H2,1-3H3,(H,26,27,28). The third-order valence-corrected chi connectivity index (χ3v) is 6.83. The molecule has 0 bridgehead atoms. The lowest BCUT2D eigenvalue weighted by Gasteiger charge is -2.26. The summed E-state index contributed by atoms with van der Waals surface area (Å²) in [6.07, 6.45) is 1.83. The lowest BCUT2D eigenvalue weighted by Crippen LogP contribution is -2.40. The molecule has 1 saturated heterocycles. The number of thiophene rings is 1. The molecule has 1 fully saturated rings. The molecule has 5 rings (SSSR count). The second kappa shape index (κ2) is 8.15. The Balaban J connectivity index is 1.49. The van der Waals surface area contributed by atoms with E-state index in [1.807, 2.05) is 41.4 Å². The van der Waals surface area contributed by atoms with Crippen molar-refractivity contribution >= 4 is 49.9 Å². The number of nitrogens with zero attached hydrogens (tertiary/aromatic N) is 3. The zero-order chi connectivity index (χ0) is 22.3. The van der Waals surface area contributed by atoms with E-state index in [2.05, 4.69) is 43.2 Å². The van der Waals surface area contributed by atoms with Gasteiger partial charge in [-0.2, -0.15) is 0 Å². The van der Waals surface area contributed by atoms with E-state index in [0.29, 0.717) is 32.3 Å². The molecule has 1 amide bonds. The molecule has 1 aliphatic heterocycles. The van der Waals surface area contributed by atoms with Crippen LogP contribution in [-0.4, -0.2) is 47.1 Å². The molecule has 2 aromatic carbocycles. The fraction of sp³-hybridized carbons (Fsp3) is 0.320. The van der Waals surface area contributed by atoms with Gasteiger partial charge in [0, 0.05) is 40.4 Å². The number of nitrogens with one attached hydrogen (secondary N) is 1. The summed E-state index contributed by atoms with van der Waals surface area (Å²) >= 11 is 1.52. The second-order valence-electron chi connectivity index (χ2n) is 9.08. The Morgan fingerprint density at radius 3 is 2.72 bits per heavy atom. The Hall–Kier alpha value is -3.03. The number of hydrogen-bond donors (Lipinski definition) is 1. The molecule has 0 saturated carbocycles. The largest absolute Gasteiger partial charge is 0.378 e. The van der Waals surface area contributed by atoms with Gasteiger partial charge in [0.05, 0.1) is 23.6 Å². The highest BCUT2D eigenvalue weighted by molar-refractivity contribution is 7.21. The van der Waals surface area contributed by atoms with Gasteiger partial charge in [0.1, 0.15) is 0 Å². The van der Waals surface area contributed by atoms with E-state index in [9.17, 15) is 4.79 Å². The average molecular weight is 447 g/mol. The second-order valence-corrected chi connectivity index (χ2v) is 10.2. The number of rotatable bonds is 3. The van der Waals surface area contributed by atoms with Crippen LogP contribution in [0.3, 0.4) is 0 Å². The van der Waals surface area contributed by atoms with Crippen molar-refractivity contribution in [2.24, 2.45) is 0 Å². The van der Waals surface area contributed by atoms with Crippen LogP contribution < -0.4 is 5.32 Å². The maximum Gasteiger partial charge on any atom is 0.264 e. The normalized spacial score (nSPS) is 14.8. The summed E-state index contributed by atoms with van der Waals surface area (Å²) in [6, 6.07) is 14.4. The van der Waals surface area contributed by atoms with Crippen LogP contribution in [0, 0.1) is 0 Å². The SMILES string of the molecule is CC(C)(C)c1cccc(Nc2ncc3ccc4sc(C(=O)N5CCOCC5)cc4c3n2)c1. The van der Waals surface area contributed by atoms with Crippen LogP contribution in [0.2, 0.25) is 0 Å². The molecule has 7 heteroatoms. The van der Waals surface area contributed by atoms with Gasteiger partial charge < -0.3 is 15.0 Å². The highest BCUT2D eigenvalue weighted by Crippen LogP contribution is 2.33. The zero-order valence-corrected chi connectivity index (χ0v) is 19.3. The number of anilines is 2. The summed E-state index contributed by atoms with van der Waals surface area (Å²) in [4.78, 5) is 24.9. The molecule has 0 radical (unpaired) electrons. The van der Waals surface area contributed by atoms with Crippen molar-refractivity contribution in [1.29, 1.82) is 0 Å². The lowest BCUT2D eigenvalue weighted by atomic mass is 9.87. The number of ether oxygens (including phenoxy) is 1. The van der Waals surface area contributed by atoms with Gasteiger partial charge in [0.25, 0.3) is 5.91 Å². The lowest BCUT2D eigenvalue weighted by molar-refractivity contribution is 0.0306. The number of amides is 1. The molecule has 1 aliphatic rings. The number of carbonyl (C=O) groups is 1. The summed E-state index contributed by atoms with van der Waals surface area (Å²) in [5, 5.41) is 5.28. The fourth-order valence-corrected chi connectivity index (χ4v) is 4.92. The summed E-state index contributed by atoms with van der Waals surface area (Å²) in [5.41, 5.74) is 3.12. The van der Waals surface area contributed by atoms with Crippen LogP contribution in [0.1, 0.15) is 36.0 Å².